The molecule has 0 fully saturated rings. The van der Waals surface area contributed by atoms with Crippen LogP contribution in [0, 0.1) is 0 Å². The van der Waals surface area contributed by atoms with Crippen molar-refractivity contribution < 1.29 is 0 Å². The smallest absolute Gasteiger partial charge is 0.188 e. The van der Waals surface area contributed by atoms with Crippen LogP contribution in [0.15, 0.2) is 34.6 Å². The van der Waals surface area contributed by atoms with Gasteiger partial charge in [0.15, 0.2) is 5.16 Å². The van der Waals surface area contributed by atoms with E-state index in [-0.39, 0.29) is 6.04 Å². The summed E-state index contributed by atoms with van der Waals surface area (Å²) in [5, 5.41) is 7.94. The van der Waals surface area contributed by atoms with Gasteiger partial charge in [0.2, 0.25) is 0 Å². The van der Waals surface area contributed by atoms with Gasteiger partial charge < -0.3 is 5.73 Å². The molecule has 0 aliphatic rings. The Balaban J connectivity index is 2.23. The van der Waals surface area contributed by atoms with Crippen LogP contribution in [0.25, 0.3) is 0 Å². The van der Waals surface area contributed by atoms with Crippen LogP contribution in [-0.4, -0.2) is 15.2 Å². The number of nitrogens with two attached hydrogens (primary N) is 1. The van der Waals surface area contributed by atoms with Gasteiger partial charge in [-0.25, -0.2) is 4.98 Å². The second kappa shape index (κ2) is 4.86. The van der Waals surface area contributed by atoms with Crippen molar-refractivity contribution in [2.24, 2.45) is 5.73 Å². The lowest BCUT2D eigenvalue weighted by Gasteiger charge is -2.08. The lowest BCUT2D eigenvalue weighted by Crippen LogP contribution is -2.04. The Labute approximate surface area is 103 Å². The van der Waals surface area contributed by atoms with Gasteiger partial charge in [0, 0.05) is 10.9 Å². The van der Waals surface area contributed by atoms with Crippen LogP contribution >= 0.6 is 23.4 Å². The second-order valence-corrected chi connectivity index (χ2v) is 4.81. The number of hydrogen-bond acceptors (Lipinski definition) is 4. The normalized spacial score (nSPS) is 12.7. The molecule has 0 aliphatic heterocycles. The van der Waals surface area contributed by atoms with E-state index in [4.69, 9.17) is 17.3 Å². The minimum Gasteiger partial charge on any atom is -0.324 e. The zero-order valence-electron chi connectivity index (χ0n) is 8.64. The highest BCUT2D eigenvalue weighted by Gasteiger charge is 2.07. The molecule has 0 radical (unpaired) electrons. The van der Waals surface area contributed by atoms with Crippen LogP contribution in [0.1, 0.15) is 18.5 Å². The molecule has 1 heterocycles. The predicted molar refractivity (Wildman–Crippen MR) is 64.6 cm³/mol. The van der Waals surface area contributed by atoms with Gasteiger partial charge in [-0.3, -0.25) is 5.10 Å². The summed E-state index contributed by atoms with van der Waals surface area (Å²) in [6.07, 6.45) is 1.46. The van der Waals surface area contributed by atoms with Gasteiger partial charge in [-0.1, -0.05) is 17.7 Å². The fraction of sp³-hybridized carbons (Fsp3) is 0.200. The molecule has 1 aromatic carbocycles. The molecule has 0 aliphatic carbocycles. The summed E-state index contributed by atoms with van der Waals surface area (Å²) in [6.45, 7) is 1.93. The maximum Gasteiger partial charge on any atom is 0.188 e. The van der Waals surface area contributed by atoms with Gasteiger partial charge in [0.1, 0.15) is 6.33 Å². The minimum atomic E-state index is -0.0122. The Bertz CT molecular complexity index is 470. The topological polar surface area (TPSA) is 67.6 Å². The SMILES string of the molecule is C[C@H](N)c1ccc(Sc2ncn[nH]2)c(Cl)c1. The average Bonchev–Trinajstić information content (AvgIpc) is 2.73. The van der Waals surface area contributed by atoms with Crippen LogP contribution in [-0.2, 0) is 0 Å². The Morgan fingerprint density at radius 1 is 1.50 bits per heavy atom. The molecule has 2 rings (SSSR count). The molecule has 0 unspecified atom stereocenters. The number of nitrogens with zero attached hydrogens (tertiary/aromatic N) is 2. The van der Waals surface area contributed by atoms with Gasteiger partial charge in [0.05, 0.1) is 5.02 Å². The predicted octanol–water partition coefficient (Wildman–Crippen LogP) is 2.63. The van der Waals surface area contributed by atoms with Gasteiger partial charge in [0.25, 0.3) is 0 Å². The number of aromatic amines is 1. The molecule has 0 saturated carbocycles. The highest BCUT2D eigenvalue weighted by molar-refractivity contribution is 7.99. The number of halogens is 1. The highest BCUT2D eigenvalue weighted by atomic mass is 35.5. The third-order valence-corrected chi connectivity index (χ3v) is 3.47. The molecule has 0 bridgehead atoms. The van der Waals surface area contributed by atoms with Crippen molar-refractivity contribution in [2.45, 2.75) is 23.0 Å². The van der Waals surface area contributed by atoms with E-state index in [0.717, 1.165) is 15.6 Å². The van der Waals surface area contributed by atoms with E-state index in [1.165, 1.54) is 18.1 Å². The molecular weight excluding hydrogens is 244 g/mol. The molecule has 4 nitrogen and oxygen atoms in total. The van der Waals surface area contributed by atoms with E-state index in [1.807, 2.05) is 25.1 Å². The van der Waals surface area contributed by atoms with Crippen molar-refractivity contribution >= 4 is 23.4 Å². The number of rotatable bonds is 3. The van der Waals surface area contributed by atoms with Crippen molar-refractivity contribution in [3.63, 3.8) is 0 Å². The van der Waals surface area contributed by atoms with Gasteiger partial charge in [-0.15, -0.1) is 0 Å². The maximum absolute atomic E-state index is 6.15. The molecule has 0 saturated heterocycles. The van der Waals surface area contributed by atoms with E-state index in [9.17, 15) is 0 Å². The first-order chi connectivity index (χ1) is 7.66. The van der Waals surface area contributed by atoms with E-state index >= 15 is 0 Å². The zero-order chi connectivity index (χ0) is 11.5. The highest BCUT2D eigenvalue weighted by Crippen LogP contribution is 2.32. The van der Waals surface area contributed by atoms with Crippen LogP contribution in [0.2, 0.25) is 5.02 Å². The largest absolute Gasteiger partial charge is 0.324 e. The fourth-order valence-corrected chi connectivity index (χ4v) is 2.23. The number of hydrogen-bond donors (Lipinski definition) is 2. The molecule has 0 spiro atoms. The Hall–Kier alpha value is -1.04. The summed E-state index contributed by atoms with van der Waals surface area (Å²) < 4.78 is 0. The fourth-order valence-electron chi connectivity index (χ4n) is 1.23. The lowest BCUT2D eigenvalue weighted by molar-refractivity contribution is 0.817. The van der Waals surface area contributed by atoms with Crippen LogP contribution in [0.4, 0.5) is 0 Å². The molecule has 2 aromatic rings. The summed E-state index contributed by atoms with van der Waals surface area (Å²) in [5.41, 5.74) is 6.80. The number of nitrogens with one attached hydrogen (secondary N) is 1. The lowest BCUT2D eigenvalue weighted by atomic mass is 10.1. The standard InChI is InChI=1S/C10H11ClN4S/c1-6(12)7-2-3-9(8(11)4-7)16-10-13-5-14-15-10/h2-6H,12H2,1H3,(H,13,14,15)/t6-/m0/s1. The number of aromatic nitrogens is 3. The Morgan fingerprint density at radius 2 is 2.31 bits per heavy atom. The van der Waals surface area contributed by atoms with E-state index < -0.39 is 0 Å². The molecule has 1 aromatic heterocycles. The van der Waals surface area contributed by atoms with E-state index in [0.29, 0.717) is 5.02 Å². The minimum absolute atomic E-state index is 0.0122. The molecule has 3 N–H and O–H groups in total. The van der Waals surface area contributed by atoms with Crippen LogP contribution in [0.3, 0.4) is 0 Å². The first kappa shape index (κ1) is 11.4. The third kappa shape index (κ3) is 2.55. The first-order valence-electron chi connectivity index (χ1n) is 4.75. The summed E-state index contributed by atoms with van der Waals surface area (Å²) in [6, 6.07) is 5.77. The van der Waals surface area contributed by atoms with Gasteiger partial charge in [-0.05, 0) is 36.4 Å². The molecule has 6 heteroatoms. The third-order valence-electron chi connectivity index (χ3n) is 2.08. The van der Waals surface area contributed by atoms with Crippen molar-refractivity contribution in [2.75, 3.05) is 0 Å². The maximum atomic E-state index is 6.15. The quantitative estimate of drug-likeness (QED) is 0.884. The number of benzene rings is 1. The zero-order valence-corrected chi connectivity index (χ0v) is 10.2. The summed E-state index contributed by atoms with van der Waals surface area (Å²) >= 11 is 7.59. The van der Waals surface area contributed by atoms with E-state index in [1.54, 1.807) is 0 Å². The molecular formula is C10H11ClN4S. The monoisotopic (exact) mass is 254 g/mol. The van der Waals surface area contributed by atoms with Crippen LogP contribution < -0.4 is 5.73 Å². The van der Waals surface area contributed by atoms with Crippen molar-refractivity contribution in [1.82, 2.24) is 15.2 Å². The molecule has 0 amide bonds. The van der Waals surface area contributed by atoms with Crippen molar-refractivity contribution in [1.29, 1.82) is 0 Å². The molecule has 84 valence electrons. The summed E-state index contributed by atoms with van der Waals surface area (Å²) in [4.78, 5) is 4.96. The molecule has 1 atom stereocenters. The molecule has 16 heavy (non-hydrogen) atoms. The summed E-state index contributed by atoms with van der Waals surface area (Å²) in [5.74, 6) is 0. The second-order valence-electron chi connectivity index (χ2n) is 3.37. The van der Waals surface area contributed by atoms with Gasteiger partial charge in [-0.2, -0.15) is 5.10 Å². The average molecular weight is 255 g/mol. The van der Waals surface area contributed by atoms with Crippen molar-refractivity contribution in [3.8, 4) is 0 Å². The van der Waals surface area contributed by atoms with E-state index in [2.05, 4.69) is 15.2 Å². The first-order valence-corrected chi connectivity index (χ1v) is 5.94. The summed E-state index contributed by atoms with van der Waals surface area (Å²) in [7, 11) is 0. The van der Waals surface area contributed by atoms with Crippen molar-refractivity contribution in [3.05, 3.63) is 35.1 Å². The number of H-pyrrole nitrogens is 1. The Morgan fingerprint density at radius 3 is 2.88 bits per heavy atom. The Kier molecular flexibility index (Phi) is 3.48. The van der Waals surface area contributed by atoms with Crippen LogP contribution in [0.5, 0.6) is 0 Å². The van der Waals surface area contributed by atoms with Gasteiger partial charge >= 0.3 is 0 Å².